The molecule has 1 amide bonds. The van der Waals surface area contributed by atoms with Crippen LogP contribution in [0, 0.1) is 29.1 Å². The second-order valence-electron chi connectivity index (χ2n) is 7.15. The van der Waals surface area contributed by atoms with Gasteiger partial charge in [-0.1, -0.05) is 12.8 Å². The molecule has 116 valence electrons. The normalized spacial score (nSPS) is 29.7. The van der Waals surface area contributed by atoms with Crippen LogP contribution < -0.4 is 5.32 Å². The summed E-state index contributed by atoms with van der Waals surface area (Å²) in [4.78, 5) is 14.0. The molecular weight excluding hydrogens is 292 g/mol. The Balaban J connectivity index is 1.55. The third kappa shape index (κ3) is 2.36. The maximum absolute atomic E-state index is 12.6. The molecule has 2 saturated carbocycles. The molecule has 3 unspecified atom stereocenters. The van der Waals surface area contributed by atoms with E-state index in [1.54, 1.807) is 11.3 Å². The average molecular weight is 314 g/mol. The first-order valence-corrected chi connectivity index (χ1v) is 9.43. The molecule has 4 heteroatoms. The molecule has 0 saturated heterocycles. The zero-order chi connectivity index (χ0) is 15.1. The fourth-order valence-electron chi connectivity index (χ4n) is 4.72. The van der Waals surface area contributed by atoms with Gasteiger partial charge in [-0.3, -0.25) is 4.79 Å². The van der Waals surface area contributed by atoms with E-state index in [2.05, 4.69) is 11.4 Å². The Kier molecular flexibility index (Phi) is 3.69. The lowest BCUT2D eigenvalue weighted by molar-refractivity contribution is -0.121. The number of carbonyl (C=O) groups is 1. The highest BCUT2D eigenvalue weighted by Crippen LogP contribution is 2.49. The summed E-state index contributed by atoms with van der Waals surface area (Å²) in [5, 5.41) is 13.5. The van der Waals surface area contributed by atoms with Gasteiger partial charge in [0.25, 0.3) is 0 Å². The monoisotopic (exact) mass is 314 g/mol. The van der Waals surface area contributed by atoms with Gasteiger partial charge in [0.1, 0.15) is 11.1 Å². The molecule has 0 spiro atoms. The van der Waals surface area contributed by atoms with Gasteiger partial charge >= 0.3 is 0 Å². The summed E-state index contributed by atoms with van der Waals surface area (Å²) < 4.78 is 0. The number of nitrogens with zero attached hydrogens (tertiary/aromatic N) is 1. The Hall–Kier alpha value is -1.34. The third-order valence-corrected chi connectivity index (χ3v) is 7.05. The van der Waals surface area contributed by atoms with E-state index in [0.717, 1.165) is 42.2 Å². The third-order valence-electron chi connectivity index (χ3n) is 5.84. The summed E-state index contributed by atoms with van der Waals surface area (Å²) in [5.41, 5.74) is 1.96. The number of nitriles is 1. The van der Waals surface area contributed by atoms with Crippen LogP contribution in [0.25, 0.3) is 0 Å². The van der Waals surface area contributed by atoms with E-state index in [1.807, 2.05) is 0 Å². The van der Waals surface area contributed by atoms with E-state index in [4.69, 9.17) is 0 Å². The minimum Gasteiger partial charge on any atom is -0.316 e. The SMILES string of the molecule is N#Cc1c(NC(=O)C2CC3CCC2C3)sc2c1CCCCC2. The van der Waals surface area contributed by atoms with Crippen molar-refractivity contribution in [2.75, 3.05) is 5.32 Å². The van der Waals surface area contributed by atoms with Gasteiger partial charge < -0.3 is 5.32 Å². The van der Waals surface area contributed by atoms with Crippen LogP contribution >= 0.6 is 11.3 Å². The highest BCUT2D eigenvalue weighted by Gasteiger charge is 2.43. The molecule has 1 N–H and O–H groups in total. The predicted octanol–water partition coefficient (Wildman–Crippen LogP) is 4.26. The van der Waals surface area contributed by atoms with Crippen molar-refractivity contribution in [3.63, 3.8) is 0 Å². The molecule has 2 fully saturated rings. The van der Waals surface area contributed by atoms with Gasteiger partial charge in [-0.2, -0.15) is 5.26 Å². The minimum atomic E-state index is 0.167. The summed E-state index contributed by atoms with van der Waals surface area (Å²) in [6.07, 6.45) is 10.5. The summed E-state index contributed by atoms with van der Waals surface area (Å²) >= 11 is 1.65. The molecule has 0 radical (unpaired) electrons. The maximum Gasteiger partial charge on any atom is 0.228 e. The molecule has 0 aliphatic heterocycles. The Bertz CT molecular complexity index is 642. The maximum atomic E-state index is 12.6. The van der Waals surface area contributed by atoms with Crippen molar-refractivity contribution < 1.29 is 4.79 Å². The van der Waals surface area contributed by atoms with Crippen LogP contribution in [0.3, 0.4) is 0 Å². The van der Waals surface area contributed by atoms with Gasteiger partial charge in [0.05, 0.1) is 5.56 Å². The van der Waals surface area contributed by atoms with Crippen molar-refractivity contribution in [3.05, 3.63) is 16.0 Å². The molecule has 3 aliphatic rings. The number of hydrogen-bond acceptors (Lipinski definition) is 3. The van der Waals surface area contributed by atoms with Gasteiger partial charge in [-0.05, 0) is 62.3 Å². The topological polar surface area (TPSA) is 52.9 Å². The Labute approximate surface area is 135 Å². The molecule has 3 aliphatic carbocycles. The van der Waals surface area contributed by atoms with Gasteiger partial charge in [-0.15, -0.1) is 11.3 Å². The van der Waals surface area contributed by atoms with Gasteiger partial charge in [0.15, 0.2) is 0 Å². The number of aryl methyl sites for hydroxylation is 1. The summed E-state index contributed by atoms with van der Waals surface area (Å²) in [6, 6.07) is 2.36. The standard InChI is InChI=1S/C18H22N2OS/c19-10-15-13-4-2-1-3-5-16(13)22-18(15)20-17(21)14-9-11-6-7-12(14)8-11/h11-12,14H,1-9H2,(H,20,21). The lowest BCUT2D eigenvalue weighted by atomic mass is 9.88. The molecule has 1 aromatic rings. The smallest absolute Gasteiger partial charge is 0.228 e. The van der Waals surface area contributed by atoms with E-state index in [9.17, 15) is 10.1 Å². The van der Waals surface area contributed by atoms with Crippen molar-refractivity contribution in [2.24, 2.45) is 17.8 Å². The van der Waals surface area contributed by atoms with Crippen LogP contribution in [-0.4, -0.2) is 5.91 Å². The first kappa shape index (κ1) is 14.3. The van der Waals surface area contributed by atoms with Gasteiger partial charge in [0, 0.05) is 10.8 Å². The van der Waals surface area contributed by atoms with E-state index < -0.39 is 0 Å². The molecular formula is C18H22N2OS. The Morgan fingerprint density at radius 3 is 2.77 bits per heavy atom. The number of carbonyl (C=O) groups excluding carboxylic acids is 1. The van der Waals surface area contributed by atoms with Crippen molar-refractivity contribution in [1.82, 2.24) is 0 Å². The van der Waals surface area contributed by atoms with Crippen molar-refractivity contribution >= 4 is 22.2 Å². The van der Waals surface area contributed by atoms with Crippen LogP contribution in [-0.2, 0) is 17.6 Å². The quantitative estimate of drug-likeness (QED) is 0.829. The highest BCUT2D eigenvalue weighted by atomic mass is 32.1. The van der Waals surface area contributed by atoms with Gasteiger partial charge in [0.2, 0.25) is 5.91 Å². The lowest BCUT2D eigenvalue weighted by Crippen LogP contribution is -2.27. The van der Waals surface area contributed by atoms with Crippen LogP contribution in [0.2, 0.25) is 0 Å². The molecule has 3 nitrogen and oxygen atoms in total. The molecule has 1 heterocycles. The highest BCUT2D eigenvalue weighted by molar-refractivity contribution is 7.16. The fraction of sp³-hybridized carbons (Fsp3) is 0.667. The van der Waals surface area contributed by atoms with Crippen LogP contribution in [0.1, 0.15) is 60.9 Å². The largest absolute Gasteiger partial charge is 0.316 e. The zero-order valence-electron chi connectivity index (χ0n) is 12.9. The van der Waals surface area contributed by atoms with Crippen LogP contribution in [0.15, 0.2) is 0 Å². The summed E-state index contributed by atoms with van der Waals surface area (Å²) in [5.74, 6) is 1.72. The zero-order valence-corrected chi connectivity index (χ0v) is 13.7. The van der Waals surface area contributed by atoms with E-state index in [0.29, 0.717) is 5.92 Å². The van der Waals surface area contributed by atoms with Gasteiger partial charge in [-0.25, -0.2) is 0 Å². The Morgan fingerprint density at radius 2 is 2.05 bits per heavy atom. The molecule has 22 heavy (non-hydrogen) atoms. The molecule has 1 aromatic heterocycles. The number of amides is 1. The average Bonchev–Trinajstić information content (AvgIpc) is 3.18. The second kappa shape index (κ2) is 5.70. The first-order chi connectivity index (χ1) is 10.8. The fourth-order valence-corrected chi connectivity index (χ4v) is 5.96. The summed E-state index contributed by atoms with van der Waals surface area (Å²) in [6.45, 7) is 0. The minimum absolute atomic E-state index is 0.167. The number of anilines is 1. The van der Waals surface area contributed by atoms with E-state index in [-0.39, 0.29) is 11.8 Å². The van der Waals surface area contributed by atoms with Crippen molar-refractivity contribution in [3.8, 4) is 6.07 Å². The number of hydrogen-bond donors (Lipinski definition) is 1. The van der Waals surface area contributed by atoms with Crippen LogP contribution in [0.5, 0.6) is 0 Å². The van der Waals surface area contributed by atoms with Crippen molar-refractivity contribution in [1.29, 1.82) is 5.26 Å². The van der Waals surface area contributed by atoms with E-state index >= 15 is 0 Å². The number of rotatable bonds is 2. The first-order valence-electron chi connectivity index (χ1n) is 8.61. The number of fused-ring (bicyclic) bond motifs is 3. The molecule has 2 bridgehead atoms. The van der Waals surface area contributed by atoms with Crippen molar-refractivity contribution in [2.45, 2.75) is 57.8 Å². The summed E-state index contributed by atoms with van der Waals surface area (Å²) in [7, 11) is 0. The lowest BCUT2D eigenvalue weighted by Gasteiger charge is -2.20. The Morgan fingerprint density at radius 1 is 1.18 bits per heavy atom. The van der Waals surface area contributed by atoms with Crippen LogP contribution in [0.4, 0.5) is 5.00 Å². The molecule has 3 atom stereocenters. The van der Waals surface area contributed by atoms with E-state index in [1.165, 1.54) is 42.5 Å². The second-order valence-corrected chi connectivity index (χ2v) is 8.26. The predicted molar refractivity (Wildman–Crippen MR) is 87.9 cm³/mol. The number of thiophene rings is 1. The molecule has 4 rings (SSSR count). The number of nitrogens with one attached hydrogen (secondary N) is 1. The molecule has 0 aromatic carbocycles.